The van der Waals surface area contributed by atoms with E-state index in [1.165, 1.54) is 0 Å². The van der Waals surface area contributed by atoms with Gasteiger partial charge in [0.05, 0.1) is 0 Å². The second kappa shape index (κ2) is 5.52. The molecule has 0 atom stereocenters. The van der Waals surface area contributed by atoms with Gasteiger partial charge < -0.3 is 0 Å². The fraction of sp³-hybridized carbons (Fsp3) is 0.200. The predicted molar refractivity (Wildman–Crippen MR) is 47.4 cm³/mol. The Morgan fingerprint density at radius 3 is 2.58 bits per heavy atom. The average molecular weight is 164 g/mol. The van der Waals surface area contributed by atoms with Crippen LogP contribution in [-0.4, -0.2) is 6.61 Å². The van der Waals surface area contributed by atoms with Gasteiger partial charge in [-0.25, -0.2) is 9.78 Å². The minimum absolute atomic E-state index is 0.423. The lowest BCUT2D eigenvalue weighted by molar-refractivity contribution is -0.295. The second-order valence-corrected chi connectivity index (χ2v) is 2.32. The van der Waals surface area contributed by atoms with Crippen molar-refractivity contribution in [2.75, 3.05) is 6.61 Å². The first-order valence-corrected chi connectivity index (χ1v) is 3.82. The molecule has 0 fully saturated rings. The topological polar surface area (TPSA) is 18.5 Å². The highest BCUT2D eigenvalue weighted by Gasteiger charge is 1.89. The standard InChI is InChI=1S/C10H12O2/c1-2-8-11-12-9-10-6-4-3-5-7-10/h2-7H,1,8-9H2. The molecular formula is C10H12O2. The van der Waals surface area contributed by atoms with Gasteiger partial charge in [-0.2, -0.15) is 0 Å². The SMILES string of the molecule is C=CCOOCc1ccccc1. The van der Waals surface area contributed by atoms with Crippen molar-refractivity contribution in [1.82, 2.24) is 0 Å². The summed E-state index contributed by atoms with van der Waals surface area (Å²) in [7, 11) is 0. The van der Waals surface area contributed by atoms with Crippen LogP contribution in [0, 0.1) is 0 Å². The van der Waals surface area contributed by atoms with Crippen LogP contribution in [0.25, 0.3) is 0 Å². The van der Waals surface area contributed by atoms with Gasteiger partial charge in [0.15, 0.2) is 0 Å². The quantitative estimate of drug-likeness (QED) is 0.288. The van der Waals surface area contributed by atoms with Crippen LogP contribution in [-0.2, 0) is 16.4 Å². The van der Waals surface area contributed by atoms with Gasteiger partial charge in [0.1, 0.15) is 13.2 Å². The minimum Gasteiger partial charge on any atom is -0.232 e. The first kappa shape index (κ1) is 8.97. The molecule has 0 spiro atoms. The van der Waals surface area contributed by atoms with Gasteiger partial charge in [0, 0.05) is 0 Å². The molecule has 0 N–H and O–H groups in total. The molecule has 1 aromatic carbocycles. The van der Waals surface area contributed by atoms with Crippen molar-refractivity contribution in [1.29, 1.82) is 0 Å². The molecular weight excluding hydrogens is 152 g/mol. The van der Waals surface area contributed by atoms with Crippen LogP contribution in [0.15, 0.2) is 43.0 Å². The van der Waals surface area contributed by atoms with Crippen LogP contribution in [0.4, 0.5) is 0 Å². The molecule has 0 aliphatic heterocycles. The smallest absolute Gasteiger partial charge is 0.107 e. The van der Waals surface area contributed by atoms with E-state index < -0.39 is 0 Å². The molecule has 2 nitrogen and oxygen atoms in total. The molecule has 0 bridgehead atoms. The monoisotopic (exact) mass is 164 g/mol. The Bertz CT molecular complexity index is 219. The summed E-state index contributed by atoms with van der Waals surface area (Å²) in [6.07, 6.45) is 1.64. The molecule has 0 radical (unpaired) electrons. The predicted octanol–water partition coefficient (Wildman–Crippen LogP) is 2.32. The van der Waals surface area contributed by atoms with Crippen LogP contribution in [0.1, 0.15) is 5.56 Å². The van der Waals surface area contributed by atoms with Crippen molar-refractivity contribution in [3.63, 3.8) is 0 Å². The Morgan fingerprint density at radius 2 is 1.92 bits per heavy atom. The average Bonchev–Trinajstić information content (AvgIpc) is 2.14. The highest BCUT2D eigenvalue weighted by molar-refractivity contribution is 5.13. The van der Waals surface area contributed by atoms with Gasteiger partial charge >= 0.3 is 0 Å². The fourth-order valence-corrected chi connectivity index (χ4v) is 0.780. The third-order valence-corrected chi connectivity index (χ3v) is 1.34. The highest BCUT2D eigenvalue weighted by atomic mass is 17.2. The van der Waals surface area contributed by atoms with E-state index in [4.69, 9.17) is 9.78 Å². The van der Waals surface area contributed by atoms with Crippen LogP contribution < -0.4 is 0 Å². The van der Waals surface area contributed by atoms with E-state index in [2.05, 4.69) is 6.58 Å². The maximum Gasteiger partial charge on any atom is 0.107 e. The Balaban J connectivity index is 2.20. The zero-order chi connectivity index (χ0) is 8.65. The summed E-state index contributed by atoms with van der Waals surface area (Å²) in [5.41, 5.74) is 1.10. The largest absolute Gasteiger partial charge is 0.232 e. The molecule has 64 valence electrons. The van der Waals surface area contributed by atoms with E-state index in [1.54, 1.807) is 6.08 Å². The number of hydrogen-bond acceptors (Lipinski definition) is 2. The van der Waals surface area contributed by atoms with E-state index in [-0.39, 0.29) is 0 Å². The first-order chi connectivity index (χ1) is 5.93. The lowest BCUT2D eigenvalue weighted by Crippen LogP contribution is -1.94. The Hall–Kier alpha value is -1.12. The lowest BCUT2D eigenvalue weighted by atomic mass is 10.2. The van der Waals surface area contributed by atoms with Crippen molar-refractivity contribution >= 4 is 0 Å². The van der Waals surface area contributed by atoms with Crippen molar-refractivity contribution in [3.8, 4) is 0 Å². The van der Waals surface area contributed by atoms with E-state index in [0.717, 1.165) is 5.56 Å². The molecule has 0 saturated heterocycles. The Kier molecular flexibility index (Phi) is 4.13. The summed E-state index contributed by atoms with van der Waals surface area (Å²) >= 11 is 0. The summed E-state index contributed by atoms with van der Waals surface area (Å²) in [6, 6.07) is 9.86. The molecule has 0 unspecified atom stereocenters. The van der Waals surface area contributed by atoms with Crippen molar-refractivity contribution in [3.05, 3.63) is 48.6 Å². The molecule has 0 saturated carbocycles. The highest BCUT2D eigenvalue weighted by Crippen LogP contribution is 2.00. The minimum atomic E-state index is 0.423. The zero-order valence-corrected chi connectivity index (χ0v) is 6.90. The maximum absolute atomic E-state index is 4.89. The fourth-order valence-electron chi connectivity index (χ4n) is 0.780. The van der Waals surface area contributed by atoms with Gasteiger partial charge in [0.25, 0.3) is 0 Å². The third-order valence-electron chi connectivity index (χ3n) is 1.34. The molecule has 0 aliphatic carbocycles. The summed E-state index contributed by atoms with van der Waals surface area (Å²) in [6.45, 7) is 4.40. The van der Waals surface area contributed by atoms with Crippen molar-refractivity contribution in [2.45, 2.75) is 6.61 Å². The van der Waals surface area contributed by atoms with Crippen LogP contribution in [0.3, 0.4) is 0 Å². The van der Waals surface area contributed by atoms with Crippen molar-refractivity contribution in [2.24, 2.45) is 0 Å². The molecule has 0 aliphatic rings. The van der Waals surface area contributed by atoms with E-state index in [9.17, 15) is 0 Å². The van der Waals surface area contributed by atoms with E-state index >= 15 is 0 Å². The number of hydrogen-bond donors (Lipinski definition) is 0. The van der Waals surface area contributed by atoms with Gasteiger partial charge in [-0.3, -0.25) is 0 Å². The number of rotatable bonds is 5. The van der Waals surface area contributed by atoms with Crippen LogP contribution in [0.2, 0.25) is 0 Å². The molecule has 0 heterocycles. The van der Waals surface area contributed by atoms with Gasteiger partial charge in [-0.1, -0.05) is 36.4 Å². The molecule has 12 heavy (non-hydrogen) atoms. The Labute approximate surface area is 72.4 Å². The van der Waals surface area contributed by atoms with E-state index in [1.807, 2.05) is 30.3 Å². The normalized spacial score (nSPS) is 9.67. The molecule has 1 aromatic rings. The summed E-state index contributed by atoms with van der Waals surface area (Å²) in [5.74, 6) is 0. The second-order valence-electron chi connectivity index (χ2n) is 2.32. The molecule has 0 aromatic heterocycles. The molecule has 2 heteroatoms. The summed E-state index contributed by atoms with van der Waals surface area (Å²) in [4.78, 5) is 9.66. The third kappa shape index (κ3) is 3.32. The van der Waals surface area contributed by atoms with Gasteiger partial charge in [-0.15, -0.1) is 6.58 Å². The number of benzene rings is 1. The Morgan fingerprint density at radius 1 is 1.17 bits per heavy atom. The van der Waals surface area contributed by atoms with E-state index in [0.29, 0.717) is 13.2 Å². The van der Waals surface area contributed by atoms with Crippen LogP contribution >= 0.6 is 0 Å². The lowest BCUT2D eigenvalue weighted by Gasteiger charge is -2.00. The molecule has 1 rings (SSSR count). The molecule has 0 amide bonds. The summed E-state index contributed by atoms with van der Waals surface area (Å²) in [5, 5.41) is 0. The first-order valence-electron chi connectivity index (χ1n) is 3.82. The van der Waals surface area contributed by atoms with Gasteiger partial charge in [0.2, 0.25) is 0 Å². The maximum atomic E-state index is 4.89. The van der Waals surface area contributed by atoms with Gasteiger partial charge in [-0.05, 0) is 5.56 Å². The van der Waals surface area contributed by atoms with Crippen molar-refractivity contribution < 1.29 is 9.78 Å². The zero-order valence-electron chi connectivity index (χ0n) is 6.90. The summed E-state index contributed by atoms with van der Waals surface area (Å²) < 4.78 is 0. The van der Waals surface area contributed by atoms with Crippen LogP contribution in [0.5, 0.6) is 0 Å².